The summed E-state index contributed by atoms with van der Waals surface area (Å²) >= 11 is 13.6. The van der Waals surface area contributed by atoms with Gasteiger partial charge in [-0.25, -0.2) is 5.43 Å². The number of thioether (sulfide) groups is 1. The molecule has 1 heterocycles. The maximum atomic E-state index is 12.4. The molecule has 0 spiro atoms. The van der Waals surface area contributed by atoms with E-state index in [1.165, 1.54) is 6.21 Å². The highest BCUT2D eigenvalue weighted by Crippen LogP contribution is 2.39. The third-order valence-corrected chi connectivity index (χ3v) is 6.77. The van der Waals surface area contributed by atoms with Crippen molar-refractivity contribution in [3.05, 3.63) is 105 Å². The molecule has 32 heavy (non-hydrogen) atoms. The molecule has 8 heteroatoms. The van der Waals surface area contributed by atoms with Crippen LogP contribution < -0.4 is 5.43 Å². The van der Waals surface area contributed by atoms with E-state index in [1.807, 2.05) is 47.4 Å². The van der Waals surface area contributed by atoms with Crippen LogP contribution in [0.5, 0.6) is 0 Å². The van der Waals surface area contributed by atoms with E-state index in [1.54, 1.807) is 42.1 Å². The molecule has 1 saturated heterocycles. The van der Waals surface area contributed by atoms with Gasteiger partial charge in [-0.05, 0) is 35.4 Å². The van der Waals surface area contributed by atoms with Crippen LogP contribution in [-0.2, 0) is 11.3 Å². The van der Waals surface area contributed by atoms with Gasteiger partial charge in [0.25, 0.3) is 5.91 Å². The molecule has 0 unspecified atom stereocenters. The van der Waals surface area contributed by atoms with E-state index in [-0.39, 0.29) is 17.2 Å². The van der Waals surface area contributed by atoms with Crippen LogP contribution in [0.15, 0.2) is 77.9 Å². The first kappa shape index (κ1) is 22.4. The van der Waals surface area contributed by atoms with Gasteiger partial charge in [0.15, 0.2) is 0 Å². The maximum Gasteiger partial charge on any atom is 0.271 e. The number of carbonyl (C=O) groups is 2. The number of amides is 2. The fourth-order valence-corrected chi connectivity index (χ4v) is 4.96. The second-order valence-electron chi connectivity index (χ2n) is 7.16. The topological polar surface area (TPSA) is 61.8 Å². The quantitative estimate of drug-likeness (QED) is 0.370. The highest BCUT2D eigenvalue weighted by molar-refractivity contribution is 8.00. The van der Waals surface area contributed by atoms with Crippen LogP contribution in [-0.4, -0.2) is 28.7 Å². The van der Waals surface area contributed by atoms with Crippen molar-refractivity contribution < 1.29 is 9.59 Å². The SMILES string of the molecule is O=C(N/N=C\c1ccc(Cl)cc1Cl)c1ccc([C@@H]2SCC(=O)N2Cc2ccccc2)cc1. The Morgan fingerprint density at radius 1 is 1.09 bits per heavy atom. The second kappa shape index (κ2) is 10.2. The Hall–Kier alpha value is -2.80. The van der Waals surface area contributed by atoms with Gasteiger partial charge in [0.1, 0.15) is 5.37 Å². The minimum atomic E-state index is -0.339. The third-order valence-electron chi connectivity index (χ3n) is 4.95. The van der Waals surface area contributed by atoms with Gasteiger partial charge in [-0.1, -0.05) is 71.7 Å². The van der Waals surface area contributed by atoms with Gasteiger partial charge in [0.2, 0.25) is 5.91 Å². The molecule has 1 atom stereocenters. The Labute approximate surface area is 200 Å². The molecule has 1 aliphatic heterocycles. The minimum Gasteiger partial charge on any atom is -0.322 e. The molecule has 0 aliphatic carbocycles. The smallest absolute Gasteiger partial charge is 0.271 e. The van der Waals surface area contributed by atoms with E-state index in [2.05, 4.69) is 10.5 Å². The van der Waals surface area contributed by atoms with Crippen molar-refractivity contribution in [2.75, 3.05) is 5.75 Å². The number of halogens is 2. The molecule has 1 aliphatic rings. The predicted molar refractivity (Wildman–Crippen MR) is 130 cm³/mol. The van der Waals surface area contributed by atoms with Gasteiger partial charge >= 0.3 is 0 Å². The Balaban J connectivity index is 1.41. The molecule has 0 saturated carbocycles. The number of hydrogen-bond acceptors (Lipinski definition) is 4. The van der Waals surface area contributed by atoms with Crippen molar-refractivity contribution in [1.82, 2.24) is 10.3 Å². The van der Waals surface area contributed by atoms with Crippen LogP contribution in [0.1, 0.15) is 32.4 Å². The molecule has 0 radical (unpaired) electrons. The summed E-state index contributed by atoms with van der Waals surface area (Å²) in [4.78, 5) is 26.7. The molecule has 3 aromatic rings. The molecule has 2 amide bonds. The highest BCUT2D eigenvalue weighted by Gasteiger charge is 2.32. The standard InChI is InChI=1S/C24H19Cl2N3O2S/c25-20-11-10-19(21(26)12-20)13-27-28-23(31)17-6-8-18(9-7-17)24-29(22(30)15-32-24)14-16-4-2-1-3-5-16/h1-13,24H,14-15H2,(H,28,31)/b27-13-/t24-/m0/s1. The van der Waals surface area contributed by atoms with Gasteiger partial charge in [0, 0.05) is 22.7 Å². The van der Waals surface area contributed by atoms with Gasteiger partial charge in [-0.3, -0.25) is 9.59 Å². The van der Waals surface area contributed by atoms with E-state index in [0.717, 1.165) is 11.1 Å². The van der Waals surface area contributed by atoms with E-state index in [9.17, 15) is 9.59 Å². The Kier molecular flexibility index (Phi) is 7.15. The lowest BCUT2D eigenvalue weighted by Crippen LogP contribution is -2.27. The van der Waals surface area contributed by atoms with Crippen LogP contribution in [0.4, 0.5) is 0 Å². The van der Waals surface area contributed by atoms with E-state index < -0.39 is 0 Å². The lowest BCUT2D eigenvalue weighted by Gasteiger charge is -2.24. The first-order valence-corrected chi connectivity index (χ1v) is 11.6. The Bertz CT molecular complexity index is 1150. The third kappa shape index (κ3) is 5.33. The van der Waals surface area contributed by atoms with Crippen molar-refractivity contribution in [2.45, 2.75) is 11.9 Å². The summed E-state index contributed by atoms with van der Waals surface area (Å²) in [5.74, 6) is 0.219. The van der Waals surface area contributed by atoms with Crippen LogP contribution in [0.2, 0.25) is 10.0 Å². The number of nitrogens with one attached hydrogen (secondary N) is 1. The average molecular weight is 484 g/mol. The van der Waals surface area contributed by atoms with Crippen molar-refractivity contribution in [3.63, 3.8) is 0 Å². The van der Waals surface area contributed by atoms with E-state index in [4.69, 9.17) is 23.2 Å². The molecule has 1 fully saturated rings. The number of carbonyl (C=O) groups excluding carboxylic acids is 2. The average Bonchev–Trinajstić information content (AvgIpc) is 3.16. The second-order valence-corrected chi connectivity index (χ2v) is 9.07. The summed E-state index contributed by atoms with van der Waals surface area (Å²) in [6.45, 7) is 0.557. The van der Waals surface area contributed by atoms with Gasteiger partial charge in [-0.15, -0.1) is 11.8 Å². The largest absolute Gasteiger partial charge is 0.322 e. The maximum absolute atomic E-state index is 12.4. The molecule has 0 aromatic heterocycles. The predicted octanol–water partition coefficient (Wildman–Crippen LogP) is 5.53. The first-order valence-electron chi connectivity index (χ1n) is 9.84. The van der Waals surface area contributed by atoms with Crippen LogP contribution in [0, 0.1) is 0 Å². The van der Waals surface area contributed by atoms with Crippen LogP contribution >= 0.6 is 35.0 Å². The number of nitrogens with zero attached hydrogens (tertiary/aromatic N) is 2. The molecule has 0 bridgehead atoms. The zero-order valence-electron chi connectivity index (χ0n) is 16.9. The minimum absolute atomic E-state index is 0.0788. The normalized spacial score (nSPS) is 16.0. The fraction of sp³-hybridized carbons (Fsp3) is 0.125. The van der Waals surface area contributed by atoms with Crippen LogP contribution in [0.25, 0.3) is 0 Å². The molecule has 4 rings (SSSR count). The molecule has 162 valence electrons. The molecular formula is C24H19Cl2N3O2S. The Morgan fingerprint density at radius 3 is 2.56 bits per heavy atom. The van der Waals surface area contributed by atoms with Crippen molar-refractivity contribution in [1.29, 1.82) is 0 Å². The Morgan fingerprint density at radius 2 is 1.84 bits per heavy atom. The zero-order chi connectivity index (χ0) is 22.5. The molecule has 5 nitrogen and oxygen atoms in total. The molecule has 1 N–H and O–H groups in total. The number of rotatable bonds is 6. The molecular weight excluding hydrogens is 465 g/mol. The highest BCUT2D eigenvalue weighted by atomic mass is 35.5. The first-order chi connectivity index (χ1) is 15.5. The number of hydrazone groups is 1. The van der Waals surface area contributed by atoms with Gasteiger partial charge in [-0.2, -0.15) is 5.10 Å². The lowest BCUT2D eigenvalue weighted by atomic mass is 10.1. The van der Waals surface area contributed by atoms with Gasteiger partial charge < -0.3 is 4.90 Å². The van der Waals surface area contributed by atoms with Crippen molar-refractivity contribution in [3.8, 4) is 0 Å². The summed E-state index contributed by atoms with van der Waals surface area (Å²) in [5.41, 5.74) is 5.67. The fourth-order valence-electron chi connectivity index (χ4n) is 3.31. The number of hydrogen-bond donors (Lipinski definition) is 1. The van der Waals surface area contributed by atoms with Crippen molar-refractivity contribution >= 4 is 53.0 Å². The van der Waals surface area contributed by atoms with E-state index >= 15 is 0 Å². The monoisotopic (exact) mass is 483 g/mol. The molecule has 3 aromatic carbocycles. The van der Waals surface area contributed by atoms with Crippen molar-refractivity contribution in [2.24, 2.45) is 5.10 Å². The van der Waals surface area contributed by atoms with E-state index in [0.29, 0.717) is 33.5 Å². The summed E-state index contributed by atoms with van der Waals surface area (Å²) in [6.07, 6.45) is 1.47. The summed E-state index contributed by atoms with van der Waals surface area (Å²) in [7, 11) is 0. The van der Waals surface area contributed by atoms with Crippen LogP contribution in [0.3, 0.4) is 0 Å². The summed E-state index contributed by atoms with van der Waals surface area (Å²) < 4.78 is 0. The zero-order valence-corrected chi connectivity index (χ0v) is 19.2. The summed E-state index contributed by atoms with van der Waals surface area (Å²) in [5, 5.41) is 4.87. The number of benzene rings is 3. The van der Waals surface area contributed by atoms with Gasteiger partial charge in [0.05, 0.1) is 17.0 Å². The lowest BCUT2D eigenvalue weighted by molar-refractivity contribution is -0.128. The summed E-state index contributed by atoms with van der Waals surface area (Å²) in [6, 6.07) is 22.2.